The zero-order valence-corrected chi connectivity index (χ0v) is 28.7. The molecule has 4 atom stereocenters. The molecule has 1 heterocycles. The van der Waals surface area contributed by atoms with Crippen molar-refractivity contribution < 1.29 is 79.3 Å². The topological polar surface area (TPSA) is 284 Å². The molecule has 0 radical (unpaired) electrons. The maximum absolute atomic E-state index is 13.9. The number of hydrogen-bond acceptors (Lipinski definition) is 16. The number of hydrogen-bond donors (Lipinski definition) is 7. The Balaban J connectivity index is 0.00000627. The summed E-state index contributed by atoms with van der Waals surface area (Å²) in [5.74, 6) is -11.6. The van der Waals surface area contributed by atoms with Crippen LogP contribution in [0, 0.1) is 0 Å². The van der Waals surface area contributed by atoms with E-state index >= 15 is 0 Å². The number of phenolic OH excluding ortho intramolecular Hbond substituents is 7. The number of benzene rings is 4. The summed E-state index contributed by atoms with van der Waals surface area (Å²) in [4.78, 5) is 50.6. The minimum atomic E-state index is -1.96. The first-order valence-electron chi connectivity index (χ1n) is 15.2. The first kappa shape index (κ1) is 39.5. The van der Waals surface area contributed by atoms with Gasteiger partial charge in [0.2, 0.25) is 0 Å². The Morgan fingerprint density at radius 2 is 1.15 bits per heavy atom. The van der Waals surface area contributed by atoms with E-state index in [1.54, 1.807) is 0 Å². The van der Waals surface area contributed by atoms with Gasteiger partial charge in [-0.2, -0.15) is 0 Å². The monoisotopic (exact) mass is 740 g/mol. The van der Waals surface area contributed by atoms with E-state index in [9.17, 15) is 65.1 Å². The molecule has 0 bridgehead atoms. The molecule has 5 rings (SSSR count). The van der Waals surface area contributed by atoms with E-state index in [2.05, 4.69) is 0 Å². The van der Waals surface area contributed by atoms with Crippen molar-refractivity contribution in [3.8, 4) is 46.0 Å². The van der Waals surface area contributed by atoms with Crippen molar-refractivity contribution >= 4 is 53.0 Å². The summed E-state index contributed by atoms with van der Waals surface area (Å²) in [5.41, 5.74) is 0.269. The van der Waals surface area contributed by atoms with Gasteiger partial charge in [0.15, 0.2) is 46.0 Å². The van der Waals surface area contributed by atoms with Crippen LogP contribution in [0.5, 0.6) is 46.0 Å². The number of carbonyl (C=O) groups excluding carboxylic acids is 4. The molecule has 1 aliphatic rings. The summed E-state index contributed by atoms with van der Waals surface area (Å²) in [5, 5.41) is 93.3. The van der Waals surface area contributed by atoms with Crippen LogP contribution in [0.15, 0.2) is 72.8 Å². The molecule has 0 unspecified atom stereocenters. The van der Waals surface area contributed by atoms with Crippen molar-refractivity contribution in [2.75, 3.05) is 0 Å². The number of phenols is 7. The van der Waals surface area contributed by atoms with E-state index in [-0.39, 0.29) is 56.6 Å². The van der Waals surface area contributed by atoms with Crippen LogP contribution in [-0.2, 0) is 41.5 Å². The van der Waals surface area contributed by atoms with Gasteiger partial charge in [0.1, 0.15) is 24.2 Å². The first-order chi connectivity index (χ1) is 24.6. The smallest absolute Gasteiger partial charge is 0.546 e. The molecule has 4 aromatic rings. The fourth-order valence-electron chi connectivity index (χ4n) is 5.48. The minimum absolute atomic E-state index is 0. The van der Waals surface area contributed by atoms with Crippen molar-refractivity contribution in [2.45, 2.75) is 37.1 Å². The van der Waals surface area contributed by atoms with Gasteiger partial charge in [-0.3, -0.25) is 4.79 Å². The molecule has 53 heavy (non-hydrogen) atoms. The van der Waals surface area contributed by atoms with Crippen LogP contribution in [0.4, 0.5) is 0 Å². The van der Waals surface area contributed by atoms with E-state index in [4.69, 9.17) is 14.2 Å². The molecule has 270 valence electrons. The van der Waals surface area contributed by atoms with Crippen molar-refractivity contribution in [3.05, 3.63) is 101 Å². The van der Waals surface area contributed by atoms with Crippen LogP contribution < -0.4 is 14.9 Å². The largest absolute Gasteiger partial charge is 2.00 e. The summed E-state index contributed by atoms with van der Waals surface area (Å²) >= 11 is 0. The number of esters is 2. The quantitative estimate of drug-likeness (QED) is 0.0444. The standard InChI is InChI=1S/C36H30O16.Mg/c37-20-6-1-16(11-24(20)41)13-27(34(45)46)50-29(44)10-5-18-3-9-23(40)33-30(18)31(32(52-33)19-4-8-22(39)26(43)15-19)36(49)51-28(35(47)48)14-17-2-7-21(38)25(42)12-17;/h1-12,15,27-28,31-32,37-43H,13-14H2,(H,45,46)(H,47,48);/q;+2/p-2/b10-5+;/t27-,28+,31+,32-;/m1./s1. The third-order valence-electron chi connectivity index (χ3n) is 8.01. The molecule has 1 aliphatic heterocycles. The second-order valence-electron chi connectivity index (χ2n) is 11.6. The Kier molecular flexibility index (Phi) is 12.2. The summed E-state index contributed by atoms with van der Waals surface area (Å²) in [7, 11) is 0. The van der Waals surface area contributed by atoms with Crippen molar-refractivity contribution in [1.82, 2.24) is 0 Å². The molecule has 0 fully saturated rings. The number of carboxylic acids is 2. The minimum Gasteiger partial charge on any atom is -0.546 e. The van der Waals surface area contributed by atoms with Gasteiger partial charge >= 0.3 is 35.0 Å². The molecule has 0 saturated carbocycles. The van der Waals surface area contributed by atoms with Crippen molar-refractivity contribution in [2.24, 2.45) is 0 Å². The van der Waals surface area contributed by atoms with Gasteiger partial charge in [0, 0.05) is 24.5 Å². The second kappa shape index (κ2) is 16.3. The van der Waals surface area contributed by atoms with E-state index in [0.717, 1.165) is 54.6 Å². The molecule has 0 amide bonds. The van der Waals surface area contributed by atoms with Gasteiger partial charge in [-0.05, 0) is 70.8 Å². The van der Waals surface area contributed by atoms with E-state index in [1.165, 1.54) is 24.3 Å². The number of carboxylic acid groups (broad SMARTS) is 2. The Labute approximate surface area is 315 Å². The first-order valence-corrected chi connectivity index (χ1v) is 15.2. The maximum atomic E-state index is 13.9. The van der Waals surface area contributed by atoms with Gasteiger partial charge in [-0.15, -0.1) is 0 Å². The van der Waals surface area contributed by atoms with Crippen LogP contribution >= 0.6 is 0 Å². The fourth-order valence-corrected chi connectivity index (χ4v) is 5.48. The van der Waals surface area contributed by atoms with Gasteiger partial charge < -0.3 is 69.8 Å². The average molecular weight is 741 g/mol. The van der Waals surface area contributed by atoms with Crippen molar-refractivity contribution in [3.63, 3.8) is 0 Å². The van der Waals surface area contributed by atoms with Gasteiger partial charge in [0.05, 0.1) is 11.9 Å². The molecular weight excluding hydrogens is 713 g/mol. The predicted molar refractivity (Wildman–Crippen MR) is 176 cm³/mol. The Morgan fingerprint density at radius 3 is 1.66 bits per heavy atom. The van der Waals surface area contributed by atoms with Crippen LogP contribution in [0.25, 0.3) is 6.08 Å². The molecule has 7 N–H and O–H groups in total. The van der Waals surface area contributed by atoms with Gasteiger partial charge in [-0.1, -0.05) is 24.3 Å². The molecule has 0 spiro atoms. The Bertz CT molecular complexity index is 2090. The summed E-state index contributed by atoms with van der Waals surface area (Å²) in [6, 6.07) is 12.7. The fraction of sp³-hybridized carbons (Fsp3) is 0.167. The van der Waals surface area contributed by atoms with Gasteiger partial charge in [-0.25, -0.2) is 4.79 Å². The number of aliphatic carboxylic acids is 2. The number of rotatable bonds is 12. The van der Waals surface area contributed by atoms with Crippen molar-refractivity contribution in [1.29, 1.82) is 0 Å². The van der Waals surface area contributed by atoms with Crippen LogP contribution in [0.2, 0.25) is 0 Å². The SMILES string of the molecule is O=C(/C=C/c1ccc(O)c2c1[C@H](C(=O)O[C@@H](Cc1ccc(O)c(O)c1)C(=O)[O-])[C@@H](c1ccc(O)c(O)c1)O2)O[C@H](Cc1ccc(O)c(O)c1)C(=O)[O-].[Mg+2]. The normalized spacial score (nSPS) is 15.7. The molecular formula is C36H28MgO16. The molecule has 16 nitrogen and oxygen atoms in total. The molecule has 4 aromatic carbocycles. The third kappa shape index (κ3) is 8.94. The van der Waals surface area contributed by atoms with E-state index < -0.39 is 101 Å². The summed E-state index contributed by atoms with van der Waals surface area (Å²) < 4.78 is 16.3. The number of aromatic hydroxyl groups is 7. The number of ether oxygens (including phenoxy) is 3. The van der Waals surface area contributed by atoms with E-state index in [1.807, 2.05) is 0 Å². The zero-order chi connectivity index (χ0) is 37.9. The summed E-state index contributed by atoms with van der Waals surface area (Å²) in [6.45, 7) is 0. The zero-order valence-electron chi connectivity index (χ0n) is 27.2. The molecule has 0 aromatic heterocycles. The molecule has 0 aliphatic carbocycles. The Morgan fingerprint density at radius 1 is 0.660 bits per heavy atom. The summed E-state index contributed by atoms with van der Waals surface area (Å²) in [6.07, 6.45) is -4.31. The second-order valence-corrected chi connectivity index (χ2v) is 11.6. The molecule has 0 saturated heterocycles. The average Bonchev–Trinajstić information content (AvgIpc) is 3.50. The van der Waals surface area contributed by atoms with Crippen LogP contribution in [-0.4, -0.2) is 94.9 Å². The number of carbonyl (C=O) groups is 4. The van der Waals surface area contributed by atoms with Crippen LogP contribution in [0.1, 0.15) is 39.8 Å². The third-order valence-corrected chi connectivity index (χ3v) is 8.01. The Hall–Kier alpha value is -6.33. The van der Waals surface area contributed by atoms with Gasteiger partial charge in [0.25, 0.3) is 0 Å². The maximum Gasteiger partial charge on any atom is 2.00 e. The van der Waals surface area contributed by atoms with Crippen LogP contribution in [0.3, 0.4) is 0 Å². The molecule has 17 heteroatoms. The van der Waals surface area contributed by atoms with E-state index in [0.29, 0.717) is 0 Å². The number of fused-ring (bicyclic) bond motifs is 1. The predicted octanol–water partition coefficient (Wildman–Crippen LogP) is 0.284.